The number of rotatable bonds is 8. The Morgan fingerprint density at radius 1 is 1.25 bits per heavy atom. The van der Waals surface area contributed by atoms with E-state index in [1.807, 2.05) is 13.8 Å². The van der Waals surface area contributed by atoms with Crippen LogP contribution in [0, 0.1) is 10.1 Å². The van der Waals surface area contributed by atoms with E-state index in [-0.39, 0.29) is 23.3 Å². The maximum absolute atomic E-state index is 11.9. The van der Waals surface area contributed by atoms with E-state index >= 15 is 0 Å². The number of non-ortho nitro benzene ring substituents is 1. The molecule has 7 nitrogen and oxygen atoms in total. The fourth-order valence-corrected chi connectivity index (χ4v) is 2.42. The molecular formula is C12H17NO6S. The maximum Gasteiger partial charge on any atom is 0.297 e. The van der Waals surface area contributed by atoms with Gasteiger partial charge in [0.25, 0.3) is 15.8 Å². The van der Waals surface area contributed by atoms with E-state index in [9.17, 15) is 18.5 Å². The summed E-state index contributed by atoms with van der Waals surface area (Å²) in [6, 6.07) is 4.54. The molecule has 0 aliphatic rings. The van der Waals surface area contributed by atoms with Gasteiger partial charge in [-0.25, -0.2) is 0 Å². The minimum Gasteiger partial charge on any atom is -0.376 e. The zero-order valence-corrected chi connectivity index (χ0v) is 12.1. The van der Waals surface area contributed by atoms with Crippen molar-refractivity contribution in [2.45, 2.75) is 31.3 Å². The zero-order valence-electron chi connectivity index (χ0n) is 11.3. The van der Waals surface area contributed by atoms with Crippen molar-refractivity contribution in [1.29, 1.82) is 0 Å². The fourth-order valence-electron chi connectivity index (χ4n) is 1.49. The molecule has 0 aliphatic heterocycles. The van der Waals surface area contributed by atoms with E-state index < -0.39 is 15.0 Å². The summed E-state index contributed by atoms with van der Waals surface area (Å²) in [5.41, 5.74) is -0.176. The molecule has 0 fully saturated rings. The molecule has 0 heterocycles. The van der Waals surface area contributed by atoms with Crippen molar-refractivity contribution in [3.63, 3.8) is 0 Å². The summed E-state index contributed by atoms with van der Waals surface area (Å²) in [7, 11) is -3.93. The Hall–Kier alpha value is -1.51. The van der Waals surface area contributed by atoms with Gasteiger partial charge in [0.15, 0.2) is 0 Å². The third-order valence-corrected chi connectivity index (χ3v) is 3.90. The first-order valence-corrected chi connectivity index (χ1v) is 7.57. The van der Waals surface area contributed by atoms with Gasteiger partial charge in [0.05, 0.1) is 22.5 Å². The Bertz CT molecular complexity index is 540. The largest absolute Gasteiger partial charge is 0.376 e. The lowest BCUT2D eigenvalue weighted by Gasteiger charge is -2.14. The smallest absolute Gasteiger partial charge is 0.297 e. The molecule has 0 saturated carbocycles. The van der Waals surface area contributed by atoms with Gasteiger partial charge in [0, 0.05) is 18.7 Å². The van der Waals surface area contributed by atoms with Crippen LogP contribution in [0.15, 0.2) is 29.2 Å². The molecule has 8 heteroatoms. The Morgan fingerprint density at radius 3 is 2.30 bits per heavy atom. The number of nitrogens with zero attached hydrogens (tertiary/aromatic N) is 1. The number of benzene rings is 1. The van der Waals surface area contributed by atoms with E-state index in [4.69, 9.17) is 8.92 Å². The number of nitro groups is 1. The van der Waals surface area contributed by atoms with Crippen LogP contribution in [0.2, 0.25) is 0 Å². The molecule has 0 saturated heterocycles. The standard InChI is InChI=1S/C12H17NO6S/c1-3-11(18-4-2)9-19-20(16,17)12-7-5-10(6-8-12)13(14)15/h5-8,11H,3-4,9H2,1-2H3/t11-/m1/s1. The van der Waals surface area contributed by atoms with Gasteiger partial charge in [0.1, 0.15) is 0 Å². The van der Waals surface area contributed by atoms with E-state index in [0.717, 1.165) is 24.3 Å². The Kier molecular flexibility index (Phi) is 6.05. The first-order chi connectivity index (χ1) is 9.40. The molecule has 112 valence electrons. The predicted molar refractivity (Wildman–Crippen MR) is 71.9 cm³/mol. The van der Waals surface area contributed by atoms with Gasteiger partial charge in [-0.05, 0) is 25.5 Å². The van der Waals surface area contributed by atoms with Gasteiger partial charge in [-0.3, -0.25) is 14.3 Å². The van der Waals surface area contributed by atoms with Gasteiger partial charge in [-0.1, -0.05) is 6.92 Å². The van der Waals surface area contributed by atoms with Gasteiger partial charge in [0.2, 0.25) is 0 Å². The highest BCUT2D eigenvalue weighted by Crippen LogP contribution is 2.18. The molecule has 1 aromatic rings. The fraction of sp³-hybridized carbons (Fsp3) is 0.500. The Labute approximate surface area is 117 Å². The topological polar surface area (TPSA) is 95.7 Å². The third kappa shape index (κ3) is 4.55. The molecule has 20 heavy (non-hydrogen) atoms. The minimum atomic E-state index is -3.93. The van der Waals surface area contributed by atoms with Crippen LogP contribution in [0.3, 0.4) is 0 Å². The molecule has 0 N–H and O–H groups in total. The quantitative estimate of drug-likeness (QED) is 0.414. The average molecular weight is 303 g/mol. The summed E-state index contributed by atoms with van der Waals surface area (Å²) >= 11 is 0. The van der Waals surface area contributed by atoms with Crippen LogP contribution < -0.4 is 0 Å². The molecule has 1 aromatic carbocycles. The van der Waals surface area contributed by atoms with Crippen molar-refractivity contribution < 1.29 is 22.3 Å². The summed E-state index contributed by atoms with van der Waals surface area (Å²) in [5, 5.41) is 10.5. The summed E-state index contributed by atoms with van der Waals surface area (Å²) in [6.07, 6.45) is 0.330. The van der Waals surface area contributed by atoms with Crippen molar-refractivity contribution in [3.8, 4) is 0 Å². The van der Waals surface area contributed by atoms with Crippen LogP contribution >= 0.6 is 0 Å². The van der Waals surface area contributed by atoms with Crippen molar-refractivity contribution in [2.24, 2.45) is 0 Å². The first kappa shape index (κ1) is 16.5. The molecule has 0 bridgehead atoms. The van der Waals surface area contributed by atoms with Crippen molar-refractivity contribution in [2.75, 3.05) is 13.2 Å². The number of ether oxygens (including phenoxy) is 1. The van der Waals surface area contributed by atoms with E-state index in [0.29, 0.717) is 13.0 Å². The van der Waals surface area contributed by atoms with Gasteiger partial charge in [-0.15, -0.1) is 0 Å². The summed E-state index contributed by atoms with van der Waals surface area (Å²) in [6.45, 7) is 4.07. The molecule has 0 amide bonds. The molecule has 0 aliphatic carbocycles. The average Bonchev–Trinajstić information content (AvgIpc) is 2.43. The molecule has 1 rings (SSSR count). The lowest BCUT2D eigenvalue weighted by molar-refractivity contribution is -0.384. The SMILES string of the molecule is CCO[C@H](CC)COS(=O)(=O)c1ccc([N+](=O)[O-])cc1. The molecule has 1 atom stereocenters. The third-order valence-electron chi connectivity index (χ3n) is 2.60. The summed E-state index contributed by atoms with van der Waals surface area (Å²) in [4.78, 5) is 9.78. The summed E-state index contributed by atoms with van der Waals surface area (Å²) < 4.78 is 34.0. The minimum absolute atomic E-state index is 0.0797. The molecule has 0 unspecified atom stereocenters. The number of hydrogen-bond donors (Lipinski definition) is 0. The first-order valence-electron chi connectivity index (χ1n) is 6.16. The Morgan fingerprint density at radius 2 is 1.85 bits per heavy atom. The van der Waals surface area contributed by atoms with E-state index in [2.05, 4.69) is 0 Å². The van der Waals surface area contributed by atoms with E-state index in [1.54, 1.807) is 0 Å². The predicted octanol–water partition coefficient (Wildman–Crippen LogP) is 2.12. The highest BCUT2D eigenvalue weighted by atomic mass is 32.2. The van der Waals surface area contributed by atoms with Crippen LogP contribution in [-0.2, 0) is 19.0 Å². The zero-order chi connectivity index (χ0) is 15.2. The van der Waals surface area contributed by atoms with Gasteiger partial charge >= 0.3 is 0 Å². The normalized spacial score (nSPS) is 13.1. The molecular weight excluding hydrogens is 286 g/mol. The van der Waals surface area contributed by atoms with Crippen molar-refractivity contribution >= 4 is 15.8 Å². The number of nitro benzene ring substituents is 1. The lowest BCUT2D eigenvalue weighted by atomic mass is 10.3. The van der Waals surface area contributed by atoms with Crippen LogP contribution in [0.25, 0.3) is 0 Å². The molecule has 0 aromatic heterocycles. The second kappa shape index (κ2) is 7.32. The Balaban J connectivity index is 2.75. The van der Waals surface area contributed by atoms with Gasteiger partial charge < -0.3 is 4.74 Å². The highest BCUT2D eigenvalue weighted by molar-refractivity contribution is 7.86. The van der Waals surface area contributed by atoms with Crippen molar-refractivity contribution in [3.05, 3.63) is 34.4 Å². The monoisotopic (exact) mass is 303 g/mol. The van der Waals surface area contributed by atoms with Crippen LogP contribution in [0.1, 0.15) is 20.3 Å². The van der Waals surface area contributed by atoms with Crippen molar-refractivity contribution in [1.82, 2.24) is 0 Å². The summed E-state index contributed by atoms with van der Waals surface area (Å²) in [5.74, 6) is 0. The highest BCUT2D eigenvalue weighted by Gasteiger charge is 2.19. The van der Waals surface area contributed by atoms with Gasteiger partial charge in [-0.2, -0.15) is 8.42 Å². The maximum atomic E-state index is 11.9. The molecule has 0 radical (unpaired) electrons. The van der Waals surface area contributed by atoms with Crippen LogP contribution in [-0.4, -0.2) is 32.7 Å². The molecule has 0 spiro atoms. The van der Waals surface area contributed by atoms with E-state index in [1.165, 1.54) is 0 Å². The van der Waals surface area contributed by atoms with Crippen LogP contribution in [0.4, 0.5) is 5.69 Å². The van der Waals surface area contributed by atoms with Crippen LogP contribution in [0.5, 0.6) is 0 Å². The number of hydrogen-bond acceptors (Lipinski definition) is 6. The second-order valence-corrected chi connectivity index (χ2v) is 5.59. The lowest BCUT2D eigenvalue weighted by Crippen LogP contribution is -2.21. The second-order valence-electron chi connectivity index (χ2n) is 3.98.